The van der Waals surface area contributed by atoms with Gasteiger partial charge >= 0.3 is 5.97 Å². The predicted molar refractivity (Wildman–Crippen MR) is 163 cm³/mol. The third-order valence-corrected chi connectivity index (χ3v) is 7.52. The molecule has 5 heteroatoms. The van der Waals surface area contributed by atoms with E-state index in [1.54, 1.807) is 7.05 Å². The summed E-state index contributed by atoms with van der Waals surface area (Å²) in [5.74, 6) is -0.367. The number of carbonyl (C=O) groups excluding carboxylic acids is 1. The van der Waals surface area contributed by atoms with E-state index in [0.29, 0.717) is 13.0 Å². The van der Waals surface area contributed by atoms with Gasteiger partial charge in [0.15, 0.2) is 0 Å². The average Bonchev–Trinajstić information content (AvgIpc) is 3.01. The number of benzene rings is 4. The fourth-order valence-electron chi connectivity index (χ4n) is 5.12. The molecule has 4 aromatic rings. The highest BCUT2D eigenvalue weighted by Crippen LogP contribution is 2.29. The largest absolute Gasteiger partial charge is 0.494 e. The Morgan fingerprint density at radius 3 is 1.85 bits per heavy atom. The number of nitrogens with zero attached hydrogens (tertiary/aromatic N) is 1. The normalized spacial score (nSPS) is 11.7. The van der Waals surface area contributed by atoms with Gasteiger partial charge in [-0.3, -0.25) is 4.79 Å². The lowest BCUT2D eigenvalue weighted by Gasteiger charge is -2.26. The van der Waals surface area contributed by atoms with Gasteiger partial charge in [-0.2, -0.15) is 0 Å². The first-order valence-electron chi connectivity index (χ1n) is 14.4. The van der Waals surface area contributed by atoms with Crippen molar-refractivity contribution < 1.29 is 19.4 Å². The summed E-state index contributed by atoms with van der Waals surface area (Å²) >= 11 is 0. The molecule has 0 aliphatic rings. The molecule has 0 saturated heterocycles. The van der Waals surface area contributed by atoms with E-state index in [1.165, 1.54) is 10.5 Å². The van der Waals surface area contributed by atoms with Crippen LogP contribution in [0.15, 0.2) is 115 Å². The zero-order chi connectivity index (χ0) is 28.9. The minimum Gasteiger partial charge on any atom is -0.494 e. The maximum absolute atomic E-state index is 13.2. The van der Waals surface area contributed by atoms with E-state index in [0.717, 1.165) is 41.7 Å². The van der Waals surface area contributed by atoms with E-state index < -0.39 is 12.0 Å². The number of carboxylic acids is 1. The second kappa shape index (κ2) is 15.4. The predicted octanol–water partition coefficient (Wildman–Crippen LogP) is 7.15. The Kier molecular flexibility index (Phi) is 11.1. The lowest BCUT2D eigenvalue weighted by molar-refractivity contribution is -0.149. The first-order valence-corrected chi connectivity index (χ1v) is 14.4. The fourth-order valence-corrected chi connectivity index (χ4v) is 5.12. The van der Waals surface area contributed by atoms with Gasteiger partial charge in [0.05, 0.1) is 6.61 Å². The number of amides is 1. The van der Waals surface area contributed by atoms with Crippen LogP contribution in [0.4, 0.5) is 0 Å². The number of carbonyl (C=O) groups is 2. The van der Waals surface area contributed by atoms with Crippen LogP contribution < -0.4 is 4.74 Å². The molecule has 0 radical (unpaired) electrons. The highest BCUT2D eigenvalue weighted by atomic mass is 16.5. The molecule has 0 fully saturated rings. The number of ether oxygens (including phenoxy) is 1. The van der Waals surface area contributed by atoms with Gasteiger partial charge in [0, 0.05) is 25.8 Å². The van der Waals surface area contributed by atoms with E-state index in [2.05, 4.69) is 48.5 Å². The van der Waals surface area contributed by atoms with Gasteiger partial charge in [0.25, 0.3) is 0 Å². The van der Waals surface area contributed by atoms with Crippen molar-refractivity contribution in [2.75, 3.05) is 13.7 Å². The van der Waals surface area contributed by atoms with Gasteiger partial charge in [0.1, 0.15) is 11.8 Å². The molecule has 0 aromatic heterocycles. The lowest BCUT2D eigenvalue weighted by Crippen LogP contribution is -2.43. The van der Waals surface area contributed by atoms with E-state index in [-0.39, 0.29) is 24.7 Å². The van der Waals surface area contributed by atoms with Crippen LogP contribution in [0.2, 0.25) is 0 Å². The number of aliphatic carboxylic acids is 1. The molecule has 0 aliphatic carbocycles. The number of hydrogen-bond acceptors (Lipinski definition) is 3. The molecule has 1 amide bonds. The minimum atomic E-state index is -1.01. The lowest BCUT2D eigenvalue weighted by atomic mass is 9.87. The summed E-state index contributed by atoms with van der Waals surface area (Å²) in [6.07, 6.45) is 4.13. The zero-order valence-electron chi connectivity index (χ0n) is 23.7. The van der Waals surface area contributed by atoms with Crippen LogP contribution in [0.3, 0.4) is 0 Å². The number of unbranched alkanes of at least 4 members (excludes halogenated alkanes) is 1. The molecular weight excluding hydrogens is 510 g/mol. The van der Waals surface area contributed by atoms with Crippen molar-refractivity contribution in [3.05, 3.63) is 138 Å². The van der Waals surface area contributed by atoms with Gasteiger partial charge in [-0.25, -0.2) is 4.79 Å². The molecule has 1 unspecified atom stereocenters. The van der Waals surface area contributed by atoms with Crippen molar-refractivity contribution >= 4 is 11.9 Å². The van der Waals surface area contributed by atoms with Crippen LogP contribution in [0.25, 0.3) is 0 Å². The quantitative estimate of drug-likeness (QED) is 0.160. The van der Waals surface area contributed by atoms with Crippen LogP contribution in [-0.2, 0) is 22.4 Å². The first-order chi connectivity index (χ1) is 20.0. The summed E-state index contributed by atoms with van der Waals surface area (Å²) in [7, 11) is 1.59. The number of carboxylic acid groups (broad SMARTS) is 1. The van der Waals surface area contributed by atoms with Crippen LogP contribution in [0.1, 0.15) is 53.9 Å². The number of likely N-dealkylation sites (N-methyl/N-ethyl adjacent to an activating group) is 1. The molecule has 1 atom stereocenters. The van der Waals surface area contributed by atoms with E-state index in [1.807, 2.05) is 66.7 Å². The molecule has 4 aromatic carbocycles. The van der Waals surface area contributed by atoms with Crippen molar-refractivity contribution in [2.45, 2.75) is 50.5 Å². The molecule has 0 bridgehead atoms. The summed E-state index contributed by atoms with van der Waals surface area (Å²) in [6.45, 7) is 0.633. The van der Waals surface area contributed by atoms with E-state index >= 15 is 0 Å². The van der Waals surface area contributed by atoms with Gasteiger partial charge in [0.2, 0.25) is 5.91 Å². The summed E-state index contributed by atoms with van der Waals surface area (Å²) in [4.78, 5) is 26.8. The molecule has 0 saturated carbocycles. The van der Waals surface area contributed by atoms with Gasteiger partial charge < -0.3 is 14.7 Å². The third kappa shape index (κ3) is 9.07. The van der Waals surface area contributed by atoms with Crippen LogP contribution in [0.5, 0.6) is 5.75 Å². The molecular formula is C36H39NO4. The maximum Gasteiger partial charge on any atom is 0.326 e. The average molecular weight is 550 g/mol. The van der Waals surface area contributed by atoms with Crippen molar-refractivity contribution in [2.24, 2.45) is 0 Å². The van der Waals surface area contributed by atoms with Crippen molar-refractivity contribution in [3.8, 4) is 5.75 Å². The Morgan fingerprint density at radius 1 is 0.732 bits per heavy atom. The highest BCUT2D eigenvalue weighted by molar-refractivity contribution is 5.83. The SMILES string of the molecule is CN(C(=O)CCC(c1ccccc1)c1ccccc1)C(Cc1ccc(OCCCCc2ccccc2)cc1)C(=O)O. The van der Waals surface area contributed by atoms with E-state index in [9.17, 15) is 14.7 Å². The Hall–Kier alpha value is -4.38. The number of aryl methyl sites for hydroxylation is 1. The third-order valence-electron chi connectivity index (χ3n) is 7.52. The topological polar surface area (TPSA) is 66.8 Å². The second-order valence-electron chi connectivity index (χ2n) is 10.4. The monoisotopic (exact) mass is 549 g/mol. The smallest absolute Gasteiger partial charge is 0.326 e. The van der Waals surface area contributed by atoms with Gasteiger partial charge in [-0.1, -0.05) is 103 Å². The van der Waals surface area contributed by atoms with Crippen molar-refractivity contribution in [3.63, 3.8) is 0 Å². The fraction of sp³-hybridized carbons (Fsp3) is 0.278. The molecule has 212 valence electrons. The molecule has 1 N–H and O–H groups in total. The first kappa shape index (κ1) is 29.6. The van der Waals surface area contributed by atoms with Crippen molar-refractivity contribution in [1.82, 2.24) is 4.90 Å². The Labute approximate surface area is 243 Å². The van der Waals surface area contributed by atoms with Gasteiger partial charge in [-0.15, -0.1) is 0 Å². The summed E-state index contributed by atoms with van der Waals surface area (Å²) in [6, 6.07) is 37.3. The molecule has 0 spiro atoms. The maximum atomic E-state index is 13.2. The van der Waals surface area contributed by atoms with Gasteiger partial charge in [-0.05, 0) is 60.1 Å². The van der Waals surface area contributed by atoms with Crippen LogP contribution in [-0.4, -0.2) is 41.6 Å². The Bertz CT molecular complexity index is 1300. The van der Waals surface area contributed by atoms with Crippen LogP contribution >= 0.6 is 0 Å². The number of hydrogen-bond donors (Lipinski definition) is 1. The van der Waals surface area contributed by atoms with Crippen molar-refractivity contribution in [1.29, 1.82) is 0 Å². The molecule has 4 rings (SSSR count). The minimum absolute atomic E-state index is 0.0592. The summed E-state index contributed by atoms with van der Waals surface area (Å²) < 4.78 is 5.88. The molecule has 5 nitrogen and oxygen atoms in total. The highest BCUT2D eigenvalue weighted by Gasteiger charge is 2.27. The number of rotatable bonds is 15. The molecule has 0 aliphatic heterocycles. The zero-order valence-corrected chi connectivity index (χ0v) is 23.7. The second-order valence-corrected chi connectivity index (χ2v) is 10.4. The Morgan fingerprint density at radius 2 is 1.29 bits per heavy atom. The van der Waals surface area contributed by atoms with Crippen LogP contribution in [0, 0.1) is 0 Å². The molecule has 41 heavy (non-hydrogen) atoms. The van der Waals surface area contributed by atoms with E-state index in [4.69, 9.17) is 4.74 Å². The molecule has 0 heterocycles. The summed E-state index contributed by atoms with van der Waals surface area (Å²) in [5, 5.41) is 9.97. The standard InChI is InChI=1S/C36H39NO4/c1-37(35(38)25-24-33(30-16-7-3-8-17-30)31-18-9-4-10-19-31)34(36(39)40)27-29-20-22-32(23-21-29)41-26-12-11-15-28-13-5-2-6-14-28/h2-10,13-14,16-23,33-34H,11-12,15,24-27H2,1H3,(H,39,40). The Balaban J connectivity index is 1.29. The summed E-state index contributed by atoms with van der Waals surface area (Å²) in [5.41, 5.74) is 4.46.